The number of carboxylic acid groups (broad SMARTS) is 1. The van der Waals surface area contributed by atoms with E-state index < -0.39 is 5.97 Å². The Bertz CT molecular complexity index is 927. The minimum Gasteiger partial charge on any atom is -0.478 e. The summed E-state index contributed by atoms with van der Waals surface area (Å²) >= 11 is 0. The van der Waals surface area contributed by atoms with Gasteiger partial charge in [0.1, 0.15) is 0 Å². The molecule has 0 aliphatic rings. The lowest BCUT2D eigenvalue weighted by molar-refractivity contribution is 0.0698. The number of carbonyl (C=O) groups is 1. The van der Waals surface area contributed by atoms with Crippen molar-refractivity contribution >= 4 is 44.2 Å². The van der Waals surface area contributed by atoms with E-state index in [4.69, 9.17) is 5.11 Å². The molecule has 0 unspecified atom stereocenters. The molecule has 4 heteroatoms. The molecule has 3 nitrogen and oxygen atoms in total. The first-order valence-electron chi connectivity index (χ1n) is 7.12. The van der Waals surface area contributed by atoms with E-state index in [9.17, 15) is 4.79 Å². The van der Waals surface area contributed by atoms with Gasteiger partial charge >= 0.3 is 5.97 Å². The van der Waals surface area contributed by atoms with Gasteiger partial charge in [0.2, 0.25) is 0 Å². The zero-order chi connectivity index (χ0) is 16.1. The summed E-state index contributed by atoms with van der Waals surface area (Å²) in [6.07, 6.45) is 0. The van der Waals surface area contributed by atoms with Gasteiger partial charge in [-0.3, -0.25) is 0 Å². The molecule has 3 rings (SSSR count). The molecular weight excluding hydrogens is 306 g/mol. The molecule has 0 amide bonds. The lowest BCUT2D eigenvalue weighted by Gasteiger charge is -2.03. The summed E-state index contributed by atoms with van der Waals surface area (Å²) in [7, 11) is 1.48. The fourth-order valence-corrected chi connectivity index (χ4v) is 2.85. The van der Waals surface area contributed by atoms with Crippen molar-refractivity contribution in [3.63, 3.8) is 0 Å². The lowest BCUT2D eigenvalue weighted by atomic mass is 10.1. The topological polar surface area (TPSA) is 49.3 Å². The van der Waals surface area contributed by atoms with E-state index in [2.05, 4.69) is 35.6 Å². The van der Waals surface area contributed by atoms with Gasteiger partial charge in [-0.1, -0.05) is 48.5 Å². The third-order valence-corrected chi connectivity index (χ3v) is 4.08. The van der Waals surface area contributed by atoms with Crippen molar-refractivity contribution in [3.8, 4) is 0 Å². The molecule has 2 N–H and O–H groups in total. The molecule has 114 valence electrons. The van der Waals surface area contributed by atoms with Crippen LogP contribution in [0.5, 0.6) is 0 Å². The van der Waals surface area contributed by atoms with Crippen molar-refractivity contribution in [2.24, 2.45) is 0 Å². The summed E-state index contributed by atoms with van der Waals surface area (Å²) in [6.45, 7) is 0. The largest absolute Gasteiger partial charge is 0.478 e. The molecular formula is C19H15NO2S. The summed E-state index contributed by atoms with van der Waals surface area (Å²) in [5, 5.41) is 16.6. The van der Waals surface area contributed by atoms with Crippen LogP contribution in [0, 0.1) is 0 Å². The van der Waals surface area contributed by atoms with Crippen LogP contribution in [0.3, 0.4) is 0 Å². The van der Waals surface area contributed by atoms with E-state index in [0.717, 1.165) is 5.56 Å². The van der Waals surface area contributed by atoms with E-state index in [1.165, 1.54) is 21.7 Å². The fraction of sp³-hybridized carbons (Fsp3) is 0. The third kappa shape index (κ3) is 3.67. The average Bonchev–Trinajstić information content (AvgIpc) is 2.59. The van der Waals surface area contributed by atoms with Crippen molar-refractivity contribution in [2.45, 2.75) is 0 Å². The van der Waals surface area contributed by atoms with Crippen molar-refractivity contribution in [3.05, 3.63) is 77.9 Å². The number of hydrogen-bond donors (Lipinski definition) is 2. The molecule has 3 aromatic carbocycles. The first-order valence-corrected chi connectivity index (χ1v) is 8.06. The summed E-state index contributed by atoms with van der Waals surface area (Å²) in [4.78, 5) is 11.1. The van der Waals surface area contributed by atoms with Gasteiger partial charge in [0, 0.05) is 0 Å². The second-order valence-electron chi connectivity index (χ2n) is 4.97. The van der Waals surface area contributed by atoms with E-state index in [0.29, 0.717) is 5.69 Å². The van der Waals surface area contributed by atoms with E-state index in [1.54, 1.807) is 29.8 Å². The zero-order valence-electron chi connectivity index (χ0n) is 12.3. The fourth-order valence-electron chi connectivity index (χ4n) is 2.29. The van der Waals surface area contributed by atoms with Crippen molar-refractivity contribution in [2.75, 3.05) is 5.32 Å². The van der Waals surface area contributed by atoms with Crippen LogP contribution in [0.25, 0.3) is 10.8 Å². The number of para-hydroxylation sites is 1. The summed E-state index contributed by atoms with van der Waals surface area (Å²) < 4.78 is 0. The predicted molar refractivity (Wildman–Crippen MR) is 99.8 cm³/mol. The van der Waals surface area contributed by atoms with Crippen LogP contribution < -0.4 is 5.32 Å². The second-order valence-corrected chi connectivity index (χ2v) is 5.72. The minimum atomic E-state index is -0.940. The van der Waals surface area contributed by atoms with Crippen LogP contribution in [0.15, 0.2) is 66.7 Å². The number of carboxylic acids is 1. The van der Waals surface area contributed by atoms with Gasteiger partial charge < -0.3 is 10.4 Å². The van der Waals surface area contributed by atoms with Gasteiger partial charge in [0.05, 0.1) is 16.7 Å². The third-order valence-electron chi connectivity index (χ3n) is 3.42. The zero-order valence-corrected chi connectivity index (χ0v) is 13.1. The van der Waals surface area contributed by atoms with Crippen LogP contribution in [0.4, 0.5) is 5.69 Å². The first-order chi connectivity index (χ1) is 11.2. The highest BCUT2D eigenvalue weighted by Gasteiger charge is 2.06. The molecule has 0 aromatic heterocycles. The number of nitrogens with one attached hydrogen (secondary N) is 1. The summed E-state index contributed by atoms with van der Waals surface area (Å²) in [5.41, 5.74) is 3.73. The average molecular weight is 321 g/mol. The number of rotatable bonds is 4. The van der Waals surface area contributed by atoms with Crippen molar-refractivity contribution in [1.29, 1.82) is 0 Å². The Labute approximate surface area is 137 Å². The molecule has 0 heterocycles. The molecule has 23 heavy (non-hydrogen) atoms. The molecule has 0 saturated carbocycles. The highest BCUT2D eigenvalue weighted by atomic mass is 32.1. The molecule has 0 atom stereocenters. The molecule has 0 radical (unpaired) electrons. The number of anilines is 1. The molecule has 0 aliphatic carbocycles. The summed E-state index contributed by atoms with van der Waals surface area (Å²) in [5.74, 6) is -0.940. The van der Waals surface area contributed by atoms with Gasteiger partial charge in [-0.25, -0.2) is 4.79 Å². The molecule has 3 aromatic rings. The molecule has 0 spiro atoms. The standard InChI is InChI=1S/C19H15NO2S/c21-19(22)17-7-3-4-8-18(17)20-13-23-12-14-9-10-15-5-1-2-6-16(15)11-14/h1-13,20H,(H,21,22). The molecule has 0 aliphatic heterocycles. The maximum Gasteiger partial charge on any atom is 0.337 e. The minimum absolute atomic E-state index is 0.259. The first kappa shape index (κ1) is 15.1. The van der Waals surface area contributed by atoms with Gasteiger partial charge in [-0.2, -0.15) is 0 Å². The maximum absolute atomic E-state index is 11.1. The monoisotopic (exact) mass is 321 g/mol. The second kappa shape index (κ2) is 6.94. The van der Waals surface area contributed by atoms with E-state index >= 15 is 0 Å². The number of aromatic carboxylic acids is 1. The van der Waals surface area contributed by atoms with Gasteiger partial charge in [0.25, 0.3) is 0 Å². The highest BCUT2D eigenvalue weighted by molar-refractivity contribution is 7.96. The van der Waals surface area contributed by atoms with Gasteiger partial charge in [-0.15, -0.1) is 10.9 Å². The Morgan fingerprint density at radius 3 is 2.52 bits per heavy atom. The Morgan fingerprint density at radius 1 is 0.957 bits per heavy atom. The maximum atomic E-state index is 11.1. The lowest BCUT2D eigenvalue weighted by Crippen LogP contribution is -2.03. The quantitative estimate of drug-likeness (QED) is 0.705. The van der Waals surface area contributed by atoms with Crippen LogP contribution >= 0.6 is 10.9 Å². The van der Waals surface area contributed by atoms with E-state index in [-0.39, 0.29) is 5.56 Å². The van der Waals surface area contributed by atoms with Gasteiger partial charge in [0.15, 0.2) is 0 Å². The SMILES string of the molecule is O=C(O)c1ccccc1NC=S=Cc1ccc2ccccc2c1. The Kier molecular flexibility index (Phi) is 4.54. The van der Waals surface area contributed by atoms with Crippen LogP contribution in [0.1, 0.15) is 15.9 Å². The van der Waals surface area contributed by atoms with E-state index in [1.807, 2.05) is 17.5 Å². The normalized spacial score (nSPS) is 10.1. The summed E-state index contributed by atoms with van der Waals surface area (Å²) in [6, 6.07) is 21.3. The van der Waals surface area contributed by atoms with Crippen LogP contribution in [-0.2, 0) is 0 Å². The molecule has 0 fully saturated rings. The Morgan fingerprint density at radius 2 is 1.70 bits per heavy atom. The Balaban J connectivity index is 1.79. The predicted octanol–water partition coefficient (Wildman–Crippen LogP) is 4.29. The highest BCUT2D eigenvalue weighted by Crippen LogP contribution is 2.15. The van der Waals surface area contributed by atoms with Gasteiger partial charge in [-0.05, 0) is 39.9 Å². The Hall–Kier alpha value is -2.85. The molecule has 0 bridgehead atoms. The number of hydrogen-bond acceptors (Lipinski definition) is 1. The molecule has 0 saturated heterocycles. The van der Waals surface area contributed by atoms with Crippen LogP contribution in [-0.4, -0.2) is 21.9 Å². The van der Waals surface area contributed by atoms with Crippen molar-refractivity contribution < 1.29 is 9.90 Å². The van der Waals surface area contributed by atoms with Crippen LogP contribution in [0.2, 0.25) is 0 Å². The number of benzene rings is 3. The smallest absolute Gasteiger partial charge is 0.337 e. The van der Waals surface area contributed by atoms with Crippen molar-refractivity contribution in [1.82, 2.24) is 0 Å². The number of fused-ring (bicyclic) bond motifs is 1.